The van der Waals surface area contributed by atoms with Gasteiger partial charge >= 0.3 is 0 Å². The van der Waals surface area contributed by atoms with E-state index in [1.165, 1.54) is 0 Å². The van der Waals surface area contributed by atoms with Gasteiger partial charge in [-0.05, 0) is 62.6 Å². The Morgan fingerprint density at radius 1 is 1.26 bits per heavy atom. The standard InChI is InChI=1S/C27H39N3O4S/c1-6-11-28-24(32)21-20-9-10-27(35-20)22(21)26(34)30(18(14-31)12-15(2)3)23(27)25(33)29-19-13-16(4)7-8-17(19)5/h7-8,13,15,18,20-23,31H,6,9-12,14H2,1-5H3,(H,28,32)(H,29,33)/t18-,20-,21+,22+,23?,27?/m1/s1. The van der Waals surface area contributed by atoms with E-state index in [2.05, 4.69) is 24.5 Å². The Balaban J connectivity index is 1.74. The number of amides is 3. The zero-order chi connectivity index (χ0) is 25.5. The van der Waals surface area contributed by atoms with Gasteiger partial charge in [-0.2, -0.15) is 0 Å². The molecule has 2 unspecified atom stereocenters. The fourth-order valence-electron chi connectivity index (χ4n) is 6.34. The Morgan fingerprint density at radius 3 is 2.66 bits per heavy atom. The summed E-state index contributed by atoms with van der Waals surface area (Å²) in [7, 11) is 0. The number of thioether (sulfide) groups is 1. The number of aliphatic hydroxyl groups is 1. The first-order chi connectivity index (χ1) is 16.6. The SMILES string of the molecule is CCCNC(=O)[C@@H]1[C@H]2C(=O)N([C@@H](CO)CC(C)C)C(C(=O)Nc3cc(C)ccc3C)C23CC[C@H]1S3. The van der Waals surface area contributed by atoms with E-state index in [1.807, 2.05) is 39.0 Å². The number of nitrogens with zero attached hydrogens (tertiary/aromatic N) is 1. The molecule has 3 N–H and O–H groups in total. The molecule has 3 aliphatic heterocycles. The molecule has 0 radical (unpaired) electrons. The summed E-state index contributed by atoms with van der Waals surface area (Å²) in [6, 6.07) is 4.74. The van der Waals surface area contributed by atoms with E-state index in [0.717, 1.165) is 36.1 Å². The van der Waals surface area contributed by atoms with Gasteiger partial charge in [-0.25, -0.2) is 0 Å². The number of aliphatic hydroxyl groups excluding tert-OH is 1. The molecule has 1 aromatic carbocycles. The van der Waals surface area contributed by atoms with Gasteiger partial charge in [-0.1, -0.05) is 32.9 Å². The first kappa shape index (κ1) is 26.0. The summed E-state index contributed by atoms with van der Waals surface area (Å²) in [5.41, 5.74) is 2.73. The smallest absolute Gasteiger partial charge is 0.248 e. The highest BCUT2D eigenvalue weighted by molar-refractivity contribution is 8.02. The van der Waals surface area contributed by atoms with Gasteiger partial charge in [0.25, 0.3) is 0 Å². The van der Waals surface area contributed by atoms with Gasteiger partial charge in [-0.15, -0.1) is 11.8 Å². The second-order valence-electron chi connectivity index (χ2n) is 10.9. The van der Waals surface area contributed by atoms with Crippen LogP contribution in [0.1, 0.15) is 57.6 Å². The number of nitrogens with one attached hydrogen (secondary N) is 2. The fourth-order valence-corrected chi connectivity index (χ4v) is 8.55. The monoisotopic (exact) mass is 501 g/mol. The Kier molecular flexibility index (Phi) is 7.53. The summed E-state index contributed by atoms with van der Waals surface area (Å²) in [6.45, 7) is 10.4. The van der Waals surface area contributed by atoms with Crippen molar-refractivity contribution in [2.75, 3.05) is 18.5 Å². The van der Waals surface area contributed by atoms with Crippen LogP contribution < -0.4 is 10.6 Å². The minimum absolute atomic E-state index is 0.0386. The Hall–Kier alpha value is -2.06. The van der Waals surface area contributed by atoms with E-state index in [4.69, 9.17) is 0 Å². The van der Waals surface area contributed by atoms with Gasteiger partial charge in [-0.3, -0.25) is 14.4 Å². The van der Waals surface area contributed by atoms with Crippen LogP contribution >= 0.6 is 11.8 Å². The Labute approximate surface area is 212 Å². The molecule has 0 aromatic heterocycles. The molecule has 3 fully saturated rings. The number of hydrogen-bond donors (Lipinski definition) is 3. The van der Waals surface area contributed by atoms with Crippen molar-refractivity contribution in [3.63, 3.8) is 0 Å². The summed E-state index contributed by atoms with van der Waals surface area (Å²) in [6.07, 6.45) is 2.96. The number of anilines is 1. The summed E-state index contributed by atoms with van der Waals surface area (Å²) in [5, 5.41) is 16.5. The summed E-state index contributed by atoms with van der Waals surface area (Å²) < 4.78 is -0.651. The Morgan fingerprint density at radius 2 is 2.00 bits per heavy atom. The molecule has 3 saturated heterocycles. The lowest BCUT2D eigenvalue weighted by Gasteiger charge is -2.37. The molecular weight excluding hydrogens is 462 g/mol. The lowest BCUT2D eigenvalue weighted by Crippen LogP contribution is -2.55. The van der Waals surface area contributed by atoms with Gasteiger partial charge in [0.1, 0.15) is 6.04 Å². The van der Waals surface area contributed by atoms with Gasteiger partial charge in [0.15, 0.2) is 0 Å². The van der Waals surface area contributed by atoms with Crippen LogP contribution in [0.3, 0.4) is 0 Å². The second kappa shape index (κ2) is 10.1. The first-order valence-corrected chi connectivity index (χ1v) is 13.8. The maximum absolute atomic E-state index is 14.1. The van der Waals surface area contributed by atoms with Crippen molar-refractivity contribution >= 4 is 35.2 Å². The van der Waals surface area contributed by atoms with Crippen LogP contribution in [-0.2, 0) is 14.4 Å². The molecule has 1 spiro atoms. The van der Waals surface area contributed by atoms with Gasteiger partial charge in [0, 0.05) is 17.5 Å². The van der Waals surface area contributed by atoms with Crippen molar-refractivity contribution in [2.45, 2.75) is 82.4 Å². The number of likely N-dealkylation sites (tertiary alicyclic amines) is 1. The Bertz CT molecular complexity index is 999. The van der Waals surface area contributed by atoms with Crippen LogP contribution in [-0.4, -0.2) is 63.0 Å². The van der Waals surface area contributed by atoms with Crippen molar-refractivity contribution in [1.29, 1.82) is 0 Å². The number of aryl methyl sites for hydroxylation is 2. The molecule has 8 heteroatoms. The molecule has 0 saturated carbocycles. The highest BCUT2D eigenvalue weighted by Crippen LogP contribution is 2.66. The highest BCUT2D eigenvalue weighted by atomic mass is 32.2. The maximum atomic E-state index is 14.1. The number of benzene rings is 1. The number of hydrogen-bond acceptors (Lipinski definition) is 5. The van der Waals surface area contributed by atoms with Gasteiger partial charge in [0.2, 0.25) is 17.7 Å². The third-order valence-electron chi connectivity index (χ3n) is 7.84. The van der Waals surface area contributed by atoms with Gasteiger partial charge < -0.3 is 20.6 Å². The predicted molar refractivity (Wildman–Crippen MR) is 139 cm³/mol. The number of rotatable bonds is 9. The van der Waals surface area contributed by atoms with E-state index < -0.39 is 28.7 Å². The van der Waals surface area contributed by atoms with E-state index in [0.29, 0.717) is 13.0 Å². The zero-order valence-electron chi connectivity index (χ0n) is 21.5. The molecule has 4 rings (SSSR count). The highest BCUT2D eigenvalue weighted by Gasteiger charge is 2.74. The van der Waals surface area contributed by atoms with Crippen molar-refractivity contribution in [2.24, 2.45) is 17.8 Å². The molecule has 3 amide bonds. The molecule has 6 atom stereocenters. The van der Waals surface area contributed by atoms with Crippen molar-refractivity contribution in [3.05, 3.63) is 29.3 Å². The van der Waals surface area contributed by atoms with Crippen molar-refractivity contribution < 1.29 is 19.5 Å². The molecule has 1 aromatic rings. The molecule has 2 bridgehead atoms. The van der Waals surface area contributed by atoms with Crippen LogP contribution in [0, 0.1) is 31.6 Å². The maximum Gasteiger partial charge on any atom is 0.248 e. The number of carbonyl (C=O) groups excluding carboxylic acids is 3. The van der Waals surface area contributed by atoms with Crippen LogP contribution in [0.25, 0.3) is 0 Å². The average molecular weight is 502 g/mol. The summed E-state index contributed by atoms with van der Waals surface area (Å²) in [5.74, 6) is -1.19. The van der Waals surface area contributed by atoms with E-state index in [9.17, 15) is 19.5 Å². The molecule has 7 nitrogen and oxygen atoms in total. The summed E-state index contributed by atoms with van der Waals surface area (Å²) in [4.78, 5) is 42.9. The van der Waals surface area contributed by atoms with Crippen LogP contribution in [0.4, 0.5) is 5.69 Å². The third-order valence-corrected chi connectivity index (χ3v) is 9.79. The van der Waals surface area contributed by atoms with Crippen molar-refractivity contribution in [1.82, 2.24) is 10.2 Å². The third kappa shape index (κ3) is 4.48. The van der Waals surface area contributed by atoms with Crippen LogP contribution in [0.2, 0.25) is 0 Å². The lowest BCUT2D eigenvalue weighted by molar-refractivity contribution is -0.142. The fraction of sp³-hybridized carbons (Fsp3) is 0.667. The molecule has 0 aliphatic carbocycles. The lowest BCUT2D eigenvalue weighted by atomic mass is 9.70. The van der Waals surface area contributed by atoms with Crippen LogP contribution in [0.15, 0.2) is 18.2 Å². The van der Waals surface area contributed by atoms with Crippen LogP contribution in [0.5, 0.6) is 0 Å². The predicted octanol–water partition coefficient (Wildman–Crippen LogP) is 3.27. The average Bonchev–Trinajstić information content (AvgIpc) is 3.45. The second-order valence-corrected chi connectivity index (χ2v) is 12.5. The minimum atomic E-state index is -0.727. The first-order valence-electron chi connectivity index (χ1n) is 12.9. The zero-order valence-corrected chi connectivity index (χ0v) is 22.3. The van der Waals surface area contributed by atoms with E-state index in [-0.39, 0.29) is 35.5 Å². The quantitative estimate of drug-likeness (QED) is 0.482. The number of fused-ring (bicyclic) bond motifs is 1. The van der Waals surface area contributed by atoms with E-state index >= 15 is 0 Å². The van der Waals surface area contributed by atoms with E-state index in [1.54, 1.807) is 16.7 Å². The molecular formula is C27H39N3O4S. The topological polar surface area (TPSA) is 98.7 Å². The van der Waals surface area contributed by atoms with Crippen molar-refractivity contribution in [3.8, 4) is 0 Å². The largest absolute Gasteiger partial charge is 0.394 e. The molecule has 3 aliphatic rings. The molecule has 35 heavy (non-hydrogen) atoms. The normalized spacial score (nSPS) is 30.0. The number of carbonyl (C=O) groups is 3. The summed E-state index contributed by atoms with van der Waals surface area (Å²) >= 11 is 1.66. The molecule has 192 valence electrons. The van der Waals surface area contributed by atoms with Gasteiger partial charge in [0.05, 0.1) is 29.2 Å². The minimum Gasteiger partial charge on any atom is -0.394 e. The molecule has 3 heterocycles.